The summed E-state index contributed by atoms with van der Waals surface area (Å²) in [5, 5.41) is 2.85. The van der Waals surface area contributed by atoms with Gasteiger partial charge in [0.15, 0.2) is 0 Å². The van der Waals surface area contributed by atoms with Crippen molar-refractivity contribution >= 4 is 11.6 Å². The molecule has 0 aliphatic heterocycles. The summed E-state index contributed by atoms with van der Waals surface area (Å²) in [7, 11) is 1.64. The zero-order chi connectivity index (χ0) is 15.7. The van der Waals surface area contributed by atoms with Gasteiger partial charge < -0.3 is 20.5 Å². The van der Waals surface area contributed by atoms with Crippen molar-refractivity contribution in [3.8, 4) is 0 Å². The van der Waals surface area contributed by atoms with Crippen molar-refractivity contribution in [3.63, 3.8) is 0 Å². The Kier molecular flexibility index (Phi) is 7.97. The fourth-order valence-corrected chi connectivity index (χ4v) is 1.81. The van der Waals surface area contributed by atoms with Gasteiger partial charge in [0.25, 0.3) is 0 Å². The number of rotatable bonds is 9. The van der Waals surface area contributed by atoms with Crippen molar-refractivity contribution < 1.29 is 14.3 Å². The number of nitrogens with one attached hydrogen (secondary N) is 1. The van der Waals surface area contributed by atoms with Crippen LogP contribution in [0.15, 0.2) is 24.3 Å². The highest BCUT2D eigenvalue weighted by Crippen LogP contribution is 2.13. The van der Waals surface area contributed by atoms with Crippen LogP contribution in [0.1, 0.15) is 25.8 Å². The molecule has 118 valence electrons. The lowest BCUT2D eigenvalue weighted by atomic mass is 9.99. The molecule has 1 aromatic rings. The highest BCUT2D eigenvalue weighted by Gasteiger charge is 2.19. The van der Waals surface area contributed by atoms with E-state index in [1.807, 2.05) is 38.1 Å². The Morgan fingerprint density at radius 2 is 2.14 bits per heavy atom. The molecule has 3 N–H and O–H groups in total. The first-order valence-corrected chi connectivity index (χ1v) is 7.30. The van der Waals surface area contributed by atoms with Crippen molar-refractivity contribution in [1.82, 2.24) is 0 Å². The molecule has 5 heteroatoms. The third kappa shape index (κ3) is 6.25. The fraction of sp³-hybridized carbons (Fsp3) is 0.562. The van der Waals surface area contributed by atoms with Gasteiger partial charge in [-0.05, 0) is 23.6 Å². The van der Waals surface area contributed by atoms with E-state index in [1.165, 1.54) is 0 Å². The van der Waals surface area contributed by atoms with E-state index in [9.17, 15) is 4.79 Å². The van der Waals surface area contributed by atoms with Crippen LogP contribution in [0.4, 0.5) is 5.69 Å². The summed E-state index contributed by atoms with van der Waals surface area (Å²) in [5.41, 5.74) is 7.66. The van der Waals surface area contributed by atoms with Crippen LogP contribution in [0.3, 0.4) is 0 Å². The van der Waals surface area contributed by atoms with Gasteiger partial charge in [-0.3, -0.25) is 4.79 Å². The maximum absolute atomic E-state index is 12.0. The summed E-state index contributed by atoms with van der Waals surface area (Å²) in [4.78, 5) is 12.0. The lowest BCUT2D eigenvalue weighted by Gasteiger charge is -2.18. The van der Waals surface area contributed by atoms with E-state index in [0.717, 1.165) is 17.7 Å². The summed E-state index contributed by atoms with van der Waals surface area (Å²) >= 11 is 0. The van der Waals surface area contributed by atoms with Gasteiger partial charge in [0.05, 0.1) is 25.9 Å². The van der Waals surface area contributed by atoms with E-state index in [2.05, 4.69) is 5.32 Å². The predicted octanol–water partition coefficient (Wildman–Crippen LogP) is 2.16. The second-order valence-electron chi connectivity index (χ2n) is 5.15. The first-order chi connectivity index (χ1) is 10.1. The lowest BCUT2D eigenvalue weighted by Crippen LogP contribution is -2.40. The van der Waals surface area contributed by atoms with E-state index < -0.39 is 6.04 Å². The summed E-state index contributed by atoms with van der Waals surface area (Å²) in [6.07, 6.45) is 0.877. The van der Waals surface area contributed by atoms with Gasteiger partial charge in [-0.2, -0.15) is 0 Å². The number of hydrogen-bond donors (Lipinski definition) is 2. The first kappa shape index (κ1) is 17.6. The summed E-state index contributed by atoms with van der Waals surface area (Å²) in [6, 6.07) is 7.10. The maximum atomic E-state index is 12.0. The summed E-state index contributed by atoms with van der Waals surface area (Å²) in [6.45, 7) is 5.61. The molecular formula is C16H26N2O3. The van der Waals surface area contributed by atoms with Crippen molar-refractivity contribution in [2.45, 2.75) is 32.9 Å². The normalized spacial score (nSPS) is 13.7. The van der Waals surface area contributed by atoms with Crippen LogP contribution in [-0.4, -0.2) is 32.3 Å². The van der Waals surface area contributed by atoms with Gasteiger partial charge in [-0.15, -0.1) is 0 Å². The standard InChI is InChI=1S/C16H26N2O3/c1-4-12(2)15(17)16(19)18-14-7-5-6-13(10-14)11-21-9-8-20-3/h5-7,10,12,15H,4,8-9,11,17H2,1-3H3,(H,18,19)/t12?,15-/m0/s1. The van der Waals surface area contributed by atoms with Gasteiger partial charge in [-0.25, -0.2) is 0 Å². The molecule has 0 bridgehead atoms. The molecule has 0 saturated heterocycles. The summed E-state index contributed by atoms with van der Waals surface area (Å²) in [5.74, 6) is 0.00682. The second-order valence-corrected chi connectivity index (χ2v) is 5.15. The van der Waals surface area contributed by atoms with Gasteiger partial charge in [0.1, 0.15) is 0 Å². The molecule has 1 aromatic carbocycles. The number of carbonyl (C=O) groups excluding carboxylic acids is 1. The van der Waals surface area contributed by atoms with Crippen LogP contribution in [0.5, 0.6) is 0 Å². The number of ether oxygens (including phenoxy) is 2. The molecule has 0 heterocycles. The minimum absolute atomic E-state index is 0.151. The van der Waals surface area contributed by atoms with E-state index in [-0.39, 0.29) is 11.8 Å². The van der Waals surface area contributed by atoms with Crippen LogP contribution in [0.25, 0.3) is 0 Å². The van der Waals surface area contributed by atoms with Crippen molar-refractivity contribution in [3.05, 3.63) is 29.8 Å². The highest BCUT2D eigenvalue weighted by atomic mass is 16.5. The zero-order valence-electron chi connectivity index (χ0n) is 13.1. The molecular weight excluding hydrogens is 268 g/mol. The number of nitrogens with two attached hydrogens (primary N) is 1. The van der Waals surface area contributed by atoms with E-state index in [0.29, 0.717) is 19.8 Å². The van der Waals surface area contributed by atoms with Crippen molar-refractivity contribution in [2.75, 3.05) is 25.6 Å². The Balaban J connectivity index is 2.53. The third-order valence-corrected chi connectivity index (χ3v) is 3.45. The van der Waals surface area contributed by atoms with Crippen LogP contribution in [0.2, 0.25) is 0 Å². The topological polar surface area (TPSA) is 73.6 Å². The zero-order valence-corrected chi connectivity index (χ0v) is 13.1. The molecule has 0 radical (unpaired) electrons. The second kappa shape index (κ2) is 9.50. The Hall–Kier alpha value is -1.43. The molecule has 0 aliphatic rings. The van der Waals surface area contributed by atoms with Gasteiger partial charge in [0, 0.05) is 12.8 Å². The van der Waals surface area contributed by atoms with E-state index in [4.69, 9.17) is 15.2 Å². The monoisotopic (exact) mass is 294 g/mol. The van der Waals surface area contributed by atoms with Gasteiger partial charge in [-0.1, -0.05) is 32.4 Å². The highest BCUT2D eigenvalue weighted by molar-refractivity contribution is 5.94. The van der Waals surface area contributed by atoms with Crippen LogP contribution in [-0.2, 0) is 20.9 Å². The minimum atomic E-state index is -0.489. The van der Waals surface area contributed by atoms with Crippen LogP contribution < -0.4 is 11.1 Å². The largest absolute Gasteiger partial charge is 0.382 e. The molecule has 0 aromatic heterocycles. The van der Waals surface area contributed by atoms with Crippen molar-refractivity contribution in [1.29, 1.82) is 0 Å². The number of amides is 1. The SMILES string of the molecule is CCC(C)[C@H](N)C(=O)Nc1cccc(COCCOC)c1. The Morgan fingerprint density at radius 1 is 1.38 bits per heavy atom. The molecule has 2 atom stereocenters. The van der Waals surface area contributed by atoms with Crippen LogP contribution >= 0.6 is 0 Å². The molecule has 5 nitrogen and oxygen atoms in total. The van der Waals surface area contributed by atoms with E-state index in [1.54, 1.807) is 7.11 Å². The average Bonchev–Trinajstić information content (AvgIpc) is 2.50. The van der Waals surface area contributed by atoms with Gasteiger partial charge >= 0.3 is 0 Å². The molecule has 0 aliphatic carbocycles. The Labute approximate surface area is 126 Å². The quantitative estimate of drug-likeness (QED) is 0.685. The fourth-order valence-electron chi connectivity index (χ4n) is 1.81. The Bertz CT molecular complexity index is 437. The van der Waals surface area contributed by atoms with E-state index >= 15 is 0 Å². The maximum Gasteiger partial charge on any atom is 0.241 e. The molecule has 21 heavy (non-hydrogen) atoms. The number of anilines is 1. The molecule has 0 fully saturated rings. The molecule has 0 saturated carbocycles. The Morgan fingerprint density at radius 3 is 2.81 bits per heavy atom. The number of methoxy groups -OCH3 is 1. The summed E-state index contributed by atoms with van der Waals surface area (Å²) < 4.78 is 10.4. The van der Waals surface area contributed by atoms with Gasteiger partial charge in [0.2, 0.25) is 5.91 Å². The average molecular weight is 294 g/mol. The van der Waals surface area contributed by atoms with Crippen molar-refractivity contribution in [2.24, 2.45) is 11.7 Å². The molecule has 0 spiro atoms. The predicted molar refractivity (Wildman–Crippen MR) is 84.0 cm³/mol. The first-order valence-electron chi connectivity index (χ1n) is 7.30. The number of carbonyl (C=O) groups is 1. The molecule has 1 amide bonds. The smallest absolute Gasteiger partial charge is 0.241 e. The minimum Gasteiger partial charge on any atom is -0.382 e. The molecule has 1 unspecified atom stereocenters. The molecule has 1 rings (SSSR count). The van der Waals surface area contributed by atoms with Crippen LogP contribution in [0, 0.1) is 5.92 Å². The third-order valence-electron chi connectivity index (χ3n) is 3.45. The lowest BCUT2D eigenvalue weighted by molar-refractivity contribution is -0.118. The number of benzene rings is 1. The number of hydrogen-bond acceptors (Lipinski definition) is 4.